The zero-order valence-corrected chi connectivity index (χ0v) is 10.2. The maximum atomic E-state index is 10.5. The number of hydrogen-bond acceptors (Lipinski definition) is 3. The Balaban J connectivity index is 4.00. The van der Waals surface area contributed by atoms with Crippen molar-refractivity contribution >= 4 is 5.97 Å². The van der Waals surface area contributed by atoms with Gasteiger partial charge in [0.2, 0.25) is 0 Å². The van der Waals surface area contributed by atoms with Gasteiger partial charge in [0.25, 0.3) is 0 Å². The molecule has 0 unspecified atom stereocenters. The van der Waals surface area contributed by atoms with Crippen molar-refractivity contribution in [3.63, 3.8) is 0 Å². The van der Waals surface area contributed by atoms with Crippen molar-refractivity contribution in [2.75, 3.05) is 13.1 Å². The zero-order valence-electron chi connectivity index (χ0n) is 10.2. The van der Waals surface area contributed by atoms with Crippen LogP contribution in [0.3, 0.4) is 0 Å². The fraction of sp³-hybridized carbons (Fsp3) is 0.909. The molecule has 0 aliphatic rings. The van der Waals surface area contributed by atoms with Gasteiger partial charge in [-0.25, -0.2) is 0 Å². The van der Waals surface area contributed by atoms with E-state index >= 15 is 0 Å². The van der Waals surface area contributed by atoms with Crippen molar-refractivity contribution in [3.05, 3.63) is 0 Å². The Kier molecular flexibility index (Phi) is 5.83. The van der Waals surface area contributed by atoms with Gasteiger partial charge in [-0.3, -0.25) is 4.79 Å². The van der Waals surface area contributed by atoms with E-state index in [0.29, 0.717) is 19.0 Å². The molecule has 90 valence electrons. The van der Waals surface area contributed by atoms with Gasteiger partial charge in [-0.15, -0.1) is 0 Å². The molecule has 15 heavy (non-hydrogen) atoms. The molecule has 4 nitrogen and oxygen atoms in total. The van der Waals surface area contributed by atoms with Crippen molar-refractivity contribution in [1.29, 1.82) is 0 Å². The average molecular weight is 217 g/mol. The van der Waals surface area contributed by atoms with Crippen molar-refractivity contribution in [2.24, 2.45) is 0 Å². The number of rotatable bonds is 7. The topological polar surface area (TPSA) is 60.8 Å². The predicted octanol–water partition coefficient (Wildman–Crippen LogP) is 1.33. The average Bonchev–Trinajstić information content (AvgIpc) is 2.00. The van der Waals surface area contributed by atoms with E-state index in [2.05, 4.69) is 4.90 Å². The third kappa shape index (κ3) is 8.39. The van der Waals surface area contributed by atoms with E-state index in [0.717, 1.165) is 6.54 Å². The molecule has 0 atom stereocenters. The van der Waals surface area contributed by atoms with Crippen LogP contribution in [0.2, 0.25) is 0 Å². The van der Waals surface area contributed by atoms with Gasteiger partial charge in [0.1, 0.15) is 0 Å². The molecule has 0 bridgehead atoms. The van der Waals surface area contributed by atoms with Crippen LogP contribution in [-0.2, 0) is 4.79 Å². The first-order valence-corrected chi connectivity index (χ1v) is 5.40. The van der Waals surface area contributed by atoms with Gasteiger partial charge in [0.15, 0.2) is 0 Å². The summed E-state index contributed by atoms with van der Waals surface area (Å²) < 4.78 is 0. The van der Waals surface area contributed by atoms with Crippen LogP contribution in [0, 0.1) is 0 Å². The second kappa shape index (κ2) is 6.08. The Morgan fingerprint density at radius 3 is 2.20 bits per heavy atom. The standard InChI is InChI=1S/C11H23NO3/c1-9(2)12(7-5-10(13)14)8-6-11(3,4)15/h9,15H,5-8H2,1-4H3,(H,13,14). The highest BCUT2D eigenvalue weighted by molar-refractivity contribution is 5.66. The maximum Gasteiger partial charge on any atom is 0.304 e. The summed E-state index contributed by atoms with van der Waals surface area (Å²) in [6, 6.07) is 0.312. The number of carboxylic acid groups (broad SMARTS) is 1. The molecule has 4 heteroatoms. The molecule has 0 heterocycles. The number of carbonyl (C=O) groups is 1. The SMILES string of the molecule is CC(C)N(CCC(=O)O)CCC(C)(C)O. The minimum absolute atomic E-state index is 0.157. The molecule has 0 amide bonds. The van der Waals surface area contributed by atoms with Crippen LogP contribution in [0.15, 0.2) is 0 Å². The lowest BCUT2D eigenvalue weighted by atomic mass is 10.0. The third-order valence-corrected chi connectivity index (χ3v) is 2.35. The molecule has 0 spiro atoms. The largest absolute Gasteiger partial charge is 0.481 e. The molecule has 0 aromatic rings. The van der Waals surface area contributed by atoms with Crippen molar-refractivity contribution in [3.8, 4) is 0 Å². The first-order valence-electron chi connectivity index (χ1n) is 5.40. The summed E-state index contributed by atoms with van der Waals surface area (Å²) >= 11 is 0. The molecule has 0 saturated carbocycles. The van der Waals surface area contributed by atoms with E-state index in [4.69, 9.17) is 5.11 Å². The third-order valence-electron chi connectivity index (χ3n) is 2.35. The zero-order chi connectivity index (χ0) is 12.1. The molecule has 0 aromatic carbocycles. The van der Waals surface area contributed by atoms with Crippen molar-refractivity contribution in [2.45, 2.75) is 52.2 Å². The van der Waals surface area contributed by atoms with Gasteiger partial charge in [0.05, 0.1) is 12.0 Å². The van der Waals surface area contributed by atoms with E-state index in [1.165, 1.54) is 0 Å². The van der Waals surface area contributed by atoms with E-state index in [1.54, 1.807) is 13.8 Å². The monoisotopic (exact) mass is 217 g/mol. The highest BCUT2D eigenvalue weighted by Gasteiger charge is 2.17. The molecule has 0 rings (SSSR count). The summed E-state index contributed by atoms with van der Waals surface area (Å²) in [7, 11) is 0. The minimum Gasteiger partial charge on any atom is -0.481 e. The minimum atomic E-state index is -0.774. The lowest BCUT2D eigenvalue weighted by Gasteiger charge is -2.28. The van der Waals surface area contributed by atoms with Gasteiger partial charge in [0, 0.05) is 19.1 Å². The van der Waals surface area contributed by atoms with Gasteiger partial charge in [-0.2, -0.15) is 0 Å². The lowest BCUT2D eigenvalue weighted by Crippen LogP contribution is -2.37. The summed E-state index contributed by atoms with van der Waals surface area (Å²) in [6.45, 7) is 8.88. The van der Waals surface area contributed by atoms with Crippen LogP contribution in [0.1, 0.15) is 40.5 Å². The number of nitrogens with zero attached hydrogens (tertiary/aromatic N) is 1. The van der Waals surface area contributed by atoms with Gasteiger partial charge < -0.3 is 15.1 Å². The molecule has 0 saturated heterocycles. The summed E-state index contributed by atoms with van der Waals surface area (Å²) in [5.41, 5.74) is -0.684. The van der Waals surface area contributed by atoms with Gasteiger partial charge >= 0.3 is 5.97 Å². The second-order valence-electron chi connectivity index (χ2n) is 4.84. The quantitative estimate of drug-likeness (QED) is 0.675. The van der Waals surface area contributed by atoms with Crippen LogP contribution in [0.25, 0.3) is 0 Å². The summed E-state index contributed by atoms with van der Waals surface area (Å²) in [5, 5.41) is 18.2. The highest BCUT2D eigenvalue weighted by atomic mass is 16.4. The van der Waals surface area contributed by atoms with E-state index < -0.39 is 11.6 Å². The number of carboxylic acids is 1. The molecule has 0 aliphatic heterocycles. The highest BCUT2D eigenvalue weighted by Crippen LogP contribution is 2.10. The molecule has 0 aromatic heterocycles. The molecular formula is C11H23NO3. The van der Waals surface area contributed by atoms with Gasteiger partial charge in [-0.05, 0) is 34.1 Å². The molecule has 2 N–H and O–H groups in total. The summed E-state index contributed by atoms with van der Waals surface area (Å²) in [6.07, 6.45) is 0.814. The Bertz CT molecular complexity index is 196. The van der Waals surface area contributed by atoms with E-state index in [-0.39, 0.29) is 6.42 Å². The Morgan fingerprint density at radius 2 is 1.87 bits per heavy atom. The predicted molar refractivity (Wildman–Crippen MR) is 59.9 cm³/mol. The number of aliphatic carboxylic acids is 1. The van der Waals surface area contributed by atoms with Crippen LogP contribution in [0.4, 0.5) is 0 Å². The number of aliphatic hydroxyl groups is 1. The lowest BCUT2D eigenvalue weighted by molar-refractivity contribution is -0.137. The van der Waals surface area contributed by atoms with E-state index in [9.17, 15) is 9.90 Å². The van der Waals surface area contributed by atoms with Crippen molar-refractivity contribution in [1.82, 2.24) is 4.90 Å². The Hall–Kier alpha value is -0.610. The normalized spacial score (nSPS) is 12.5. The van der Waals surface area contributed by atoms with Gasteiger partial charge in [-0.1, -0.05) is 0 Å². The number of hydrogen-bond donors (Lipinski definition) is 2. The smallest absolute Gasteiger partial charge is 0.304 e. The van der Waals surface area contributed by atoms with Crippen LogP contribution >= 0.6 is 0 Å². The van der Waals surface area contributed by atoms with Crippen LogP contribution < -0.4 is 0 Å². The van der Waals surface area contributed by atoms with Crippen LogP contribution in [-0.4, -0.2) is 45.8 Å². The molecular weight excluding hydrogens is 194 g/mol. The molecule has 0 aliphatic carbocycles. The molecule has 0 radical (unpaired) electrons. The Labute approximate surface area is 91.9 Å². The fourth-order valence-electron chi connectivity index (χ4n) is 1.28. The maximum absolute atomic E-state index is 10.5. The molecule has 0 fully saturated rings. The first-order chi connectivity index (χ1) is 6.72. The van der Waals surface area contributed by atoms with Crippen LogP contribution in [0.5, 0.6) is 0 Å². The Morgan fingerprint density at radius 1 is 1.33 bits per heavy atom. The van der Waals surface area contributed by atoms with Crippen molar-refractivity contribution < 1.29 is 15.0 Å². The second-order valence-corrected chi connectivity index (χ2v) is 4.84. The summed E-state index contributed by atoms with van der Waals surface area (Å²) in [5.74, 6) is -0.774. The first kappa shape index (κ1) is 14.4. The fourth-order valence-corrected chi connectivity index (χ4v) is 1.28. The van der Waals surface area contributed by atoms with E-state index in [1.807, 2.05) is 13.8 Å². The summed E-state index contributed by atoms with van der Waals surface area (Å²) in [4.78, 5) is 12.5.